The third kappa shape index (κ3) is 2.24. The first-order valence-electron chi connectivity index (χ1n) is 5.02. The Morgan fingerprint density at radius 2 is 2.27 bits per heavy atom. The van der Waals surface area contributed by atoms with Gasteiger partial charge in [-0.1, -0.05) is 0 Å². The molecule has 0 unspecified atom stereocenters. The van der Waals surface area contributed by atoms with Crippen LogP contribution in [0.3, 0.4) is 0 Å². The van der Waals surface area contributed by atoms with Crippen molar-refractivity contribution in [2.45, 2.75) is 19.8 Å². The molecule has 2 bridgehead atoms. The summed E-state index contributed by atoms with van der Waals surface area (Å²) in [6.07, 6.45) is 5.59. The Balaban J connectivity index is 2.33. The Labute approximate surface area is 88.8 Å². The van der Waals surface area contributed by atoms with E-state index in [0.717, 1.165) is 35.8 Å². The average molecular weight is 205 g/mol. The lowest BCUT2D eigenvalue weighted by molar-refractivity contribution is 0.714. The molecule has 0 aromatic heterocycles. The zero-order valence-electron chi connectivity index (χ0n) is 8.75. The number of nitrogens with one attached hydrogen (secondary N) is 2. The second kappa shape index (κ2) is 4.27. The van der Waals surface area contributed by atoms with Crippen LogP contribution in [0.2, 0.25) is 0 Å². The Hall–Kier alpha value is -1.62. The van der Waals surface area contributed by atoms with Gasteiger partial charge in [0.2, 0.25) is 0 Å². The van der Waals surface area contributed by atoms with Gasteiger partial charge in [-0.3, -0.25) is 10.9 Å². The van der Waals surface area contributed by atoms with E-state index in [4.69, 9.17) is 5.73 Å². The fourth-order valence-electron chi connectivity index (χ4n) is 1.53. The van der Waals surface area contributed by atoms with Gasteiger partial charge in [-0.25, -0.2) is 9.98 Å². The molecular formula is C10H15N5. The van der Waals surface area contributed by atoms with E-state index >= 15 is 0 Å². The van der Waals surface area contributed by atoms with Gasteiger partial charge in [0, 0.05) is 18.5 Å². The summed E-state index contributed by atoms with van der Waals surface area (Å²) < 4.78 is 0. The van der Waals surface area contributed by atoms with Crippen LogP contribution >= 0.6 is 0 Å². The van der Waals surface area contributed by atoms with E-state index in [9.17, 15) is 0 Å². The fraction of sp³-hybridized carbons (Fsp3) is 0.400. The summed E-state index contributed by atoms with van der Waals surface area (Å²) in [5.74, 6) is 1.64. The average Bonchev–Trinajstić information content (AvgIpc) is 2.32. The highest BCUT2D eigenvalue weighted by Gasteiger charge is 2.13. The molecule has 2 rings (SSSR count). The number of nitrogens with zero attached hydrogens (tertiary/aromatic N) is 2. The molecule has 0 saturated heterocycles. The second-order valence-electron chi connectivity index (χ2n) is 3.54. The van der Waals surface area contributed by atoms with Gasteiger partial charge in [-0.15, -0.1) is 0 Å². The molecule has 5 nitrogen and oxygen atoms in total. The normalized spacial score (nSPS) is 22.5. The quantitative estimate of drug-likeness (QED) is 0.581. The van der Waals surface area contributed by atoms with Crippen LogP contribution in [0.4, 0.5) is 0 Å². The molecule has 0 aliphatic carbocycles. The lowest BCUT2D eigenvalue weighted by Crippen LogP contribution is -2.36. The Morgan fingerprint density at radius 3 is 3.07 bits per heavy atom. The van der Waals surface area contributed by atoms with Gasteiger partial charge in [0.1, 0.15) is 11.7 Å². The largest absolute Gasteiger partial charge is 0.327 e. The molecule has 0 saturated carbocycles. The maximum Gasteiger partial charge on any atom is 0.145 e. The molecule has 2 aliphatic rings. The molecule has 15 heavy (non-hydrogen) atoms. The third-order valence-corrected chi connectivity index (χ3v) is 2.42. The third-order valence-electron chi connectivity index (χ3n) is 2.42. The highest BCUT2D eigenvalue weighted by Crippen LogP contribution is 2.17. The Morgan fingerprint density at radius 1 is 1.40 bits per heavy atom. The van der Waals surface area contributed by atoms with Crippen LogP contribution < -0.4 is 16.6 Å². The molecule has 2 aliphatic heterocycles. The summed E-state index contributed by atoms with van der Waals surface area (Å²) in [7, 11) is 0. The van der Waals surface area contributed by atoms with Crippen LogP contribution in [0.15, 0.2) is 33.7 Å². The van der Waals surface area contributed by atoms with Crippen molar-refractivity contribution in [3.63, 3.8) is 0 Å². The Bertz CT molecular complexity index is 375. The van der Waals surface area contributed by atoms with E-state index in [1.807, 2.05) is 13.0 Å². The predicted molar refractivity (Wildman–Crippen MR) is 61.3 cm³/mol. The molecule has 80 valence electrons. The maximum atomic E-state index is 5.66. The summed E-state index contributed by atoms with van der Waals surface area (Å²) in [6.45, 7) is 2.43. The van der Waals surface area contributed by atoms with Crippen LogP contribution in [0.25, 0.3) is 0 Å². The van der Waals surface area contributed by atoms with Gasteiger partial charge in [-0.05, 0) is 31.4 Å². The van der Waals surface area contributed by atoms with Crippen LogP contribution in [-0.4, -0.2) is 18.1 Å². The zero-order valence-corrected chi connectivity index (χ0v) is 8.75. The molecule has 4 N–H and O–H groups in total. The van der Waals surface area contributed by atoms with E-state index in [0.29, 0.717) is 6.54 Å². The lowest BCUT2D eigenvalue weighted by Gasteiger charge is -2.18. The van der Waals surface area contributed by atoms with Gasteiger partial charge < -0.3 is 5.73 Å². The highest BCUT2D eigenvalue weighted by atomic mass is 15.4. The van der Waals surface area contributed by atoms with Crippen molar-refractivity contribution in [3.8, 4) is 0 Å². The number of allylic oxidation sites excluding steroid dienone is 1. The van der Waals surface area contributed by atoms with Crippen LogP contribution in [0, 0.1) is 0 Å². The number of hydrogen-bond donors (Lipinski definition) is 3. The van der Waals surface area contributed by atoms with E-state index in [2.05, 4.69) is 20.8 Å². The molecule has 2 heterocycles. The molecule has 5 heteroatoms. The van der Waals surface area contributed by atoms with Crippen molar-refractivity contribution in [1.29, 1.82) is 0 Å². The summed E-state index contributed by atoms with van der Waals surface area (Å²) in [5.41, 5.74) is 13.9. The number of fused-ring (bicyclic) bond motifs is 1. The lowest BCUT2D eigenvalue weighted by atomic mass is 10.0. The van der Waals surface area contributed by atoms with E-state index in [-0.39, 0.29) is 0 Å². The van der Waals surface area contributed by atoms with Gasteiger partial charge >= 0.3 is 0 Å². The number of hydrogen-bond acceptors (Lipinski definition) is 5. The smallest absolute Gasteiger partial charge is 0.145 e. The van der Waals surface area contributed by atoms with Crippen molar-refractivity contribution < 1.29 is 0 Å². The molecule has 0 amide bonds. The summed E-state index contributed by atoms with van der Waals surface area (Å²) in [6, 6.07) is 0. The first-order valence-corrected chi connectivity index (χ1v) is 5.02. The van der Waals surface area contributed by atoms with E-state index in [1.54, 1.807) is 6.20 Å². The molecular weight excluding hydrogens is 190 g/mol. The molecule has 0 aromatic rings. The minimum Gasteiger partial charge on any atom is -0.327 e. The molecule has 0 atom stereocenters. The number of hydrazine groups is 1. The maximum absolute atomic E-state index is 5.66. The number of amidine groups is 1. The van der Waals surface area contributed by atoms with Crippen molar-refractivity contribution in [3.05, 3.63) is 23.7 Å². The standard InChI is InChI=1S/C10H15N5/c1-7-12-5-4-9-3-2-8(6-11)10(13-9)15-14-7/h4-5,15H,2-3,6,11H2,1H3,(H,12,14)/b5-4-. The first-order chi connectivity index (χ1) is 7.29. The van der Waals surface area contributed by atoms with Crippen molar-refractivity contribution in [2.75, 3.05) is 6.54 Å². The van der Waals surface area contributed by atoms with Crippen molar-refractivity contribution in [1.82, 2.24) is 10.9 Å². The van der Waals surface area contributed by atoms with Crippen molar-refractivity contribution in [2.24, 2.45) is 15.7 Å². The van der Waals surface area contributed by atoms with Gasteiger partial charge in [0.25, 0.3) is 0 Å². The van der Waals surface area contributed by atoms with Crippen LogP contribution in [0.5, 0.6) is 0 Å². The van der Waals surface area contributed by atoms with E-state index < -0.39 is 0 Å². The monoisotopic (exact) mass is 205 g/mol. The number of nitrogens with two attached hydrogens (primary N) is 1. The minimum absolute atomic E-state index is 0.542. The van der Waals surface area contributed by atoms with Crippen LogP contribution in [-0.2, 0) is 0 Å². The second-order valence-corrected chi connectivity index (χ2v) is 3.54. The molecule has 0 spiro atoms. The molecule has 0 fully saturated rings. The molecule has 0 radical (unpaired) electrons. The minimum atomic E-state index is 0.542. The number of rotatable bonds is 1. The Kier molecular flexibility index (Phi) is 2.82. The fourth-order valence-corrected chi connectivity index (χ4v) is 1.53. The van der Waals surface area contributed by atoms with Gasteiger partial charge in [-0.2, -0.15) is 0 Å². The van der Waals surface area contributed by atoms with Crippen LogP contribution in [0.1, 0.15) is 19.8 Å². The topological polar surface area (TPSA) is 74.8 Å². The van der Waals surface area contributed by atoms with Gasteiger partial charge in [0.15, 0.2) is 0 Å². The highest BCUT2D eigenvalue weighted by molar-refractivity contribution is 5.97. The van der Waals surface area contributed by atoms with E-state index in [1.165, 1.54) is 0 Å². The predicted octanol–water partition coefficient (Wildman–Crippen LogP) is 0.431. The summed E-state index contributed by atoms with van der Waals surface area (Å²) >= 11 is 0. The zero-order chi connectivity index (χ0) is 10.7. The SMILES string of the molecule is CC1=N/C=C\C2=NC(=C(CN)CC2)NN1. The summed E-state index contributed by atoms with van der Waals surface area (Å²) in [5, 5.41) is 0. The van der Waals surface area contributed by atoms with Gasteiger partial charge in [0.05, 0.1) is 0 Å². The number of aliphatic imine (C=N–C) groups is 2. The molecule has 0 aromatic carbocycles. The first kappa shape index (κ1) is 9.92. The van der Waals surface area contributed by atoms with Crippen molar-refractivity contribution >= 4 is 11.5 Å². The summed E-state index contributed by atoms with van der Waals surface area (Å²) in [4.78, 5) is 8.65.